The predicted molar refractivity (Wildman–Crippen MR) is 108 cm³/mol. The van der Waals surface area contributed by atoms with Gasteiger partial charge < -0.3 is 5.32 Å². The van der Waals surface area contributed by atoms with Gasteiger partial charge in [0.2, 0.25) is 0 Å². The number of pyridine rings is 1. The van der Waals surface area contributed by atoms with Gasteiger partial charge in [-0.05, 0) is 67.4 Å². The second kappa shape index (κ2) is 7.25. The van der Waals surface area contributed by atoms with Gasteiger partial charge >= 0.3 is 0 Å². The van der Waals surface area contributed by atoms with E-state index in [-0.39, 0.29) is 5.91 Å². The molecule has 134 valence electrons. The molecule has 4 rings (SSSR count). The monoisotopic (exact) mass is 374 g/mol. The molecule has 0 radical (unpaired) electrons. The van der Waals surface area contributed by atoms with Crippen LogP contribution in [-0.4, -0.2) is 21.1 Å². The summed E-state index contributed by atoms with van der Waals surface area (Å²) in [5, 5.41) is 11.5. The van der Waals surface area contributed by atoms with Crippen LogP contribution in [0.3, 0.4) is 0 Å². The Bertz CT molecular complexity index is 1140. The summed E-state index contributed by atoms with van der Waals surface area (Å²) in [7, 11) is 0. The van der Waals surface area contributed by atoms with Crippen molar-refractivity contribution < 1.29 is 4.79 Å². The number of fused-ring (bicyclic) bond motifs is 1. The third kappa shape index (κ3) is 3.71. The molecular formula is C21H18N4OS. The van der Waals surface area contributed by atoms with Crippen molar-refractivity contribution in [3.8, 4) is 0 Å². The van der Waals surface area contributed by atoms with E-state index in [1.807, 2.05) is 18.2 Å². The van der Waals surface area contributed by atoms with Crippen molar-refractivity contribution in [1.29, 1.82) is 0 Å². The molecule has 6 heteroatoms. The first kappa shape index (κ1) is 17.3. The van der Waals surface area contributed by atoms with Crippen LogP contribution >= 0.6 is 11.8 Å². The summed E-state index contributed by atoms with van der Waals surface area (Å²) >= 11 is 1.49. The molecule has 2 N–H and O–H groups in total. The van der Waals surface area contributed by atoms with Gasteiger partial charge in [0, 0.05) is 22.2 Å². The lowest BCUT2D eigenvalue weighted by molar-refractivity contribution is 0.102. The van der Waals surface area contributed by atoms with Crippen molar-refractivity contribution >= 4 is 34.3 Å². The highest BCUT2D eigenvalue weighted by atomic mass is 32.2. The van der Waals surface area contributed by atoms with Crippen LogP contribution in [0, 0.1) is 13.8 Å². The average Bonchev–Trinajstić information content (AvgIpc) is 3.13. The van der Waals surface area contributed by atoms with E-state index in [9.17, 15) is 4.79 Å². The number of rotatable bonds is 4. The second-order valence-electron chi connectivity index (χ2n) is 6.33. The topological polar surface area (TPSA) is 70.7 Å². The molecule has 1 amide bonds. The van der Waals surface area contributed by atoms with Gasteiger partial charge in [0.25, 0.3) is 5.91 Å². The summed E-state index contributed by atoms with van der Waals surface area (Å²) in [4.78, 5) is 18.3. The number of carbonyl (C=O) groups excluding carboxylic acids is 1. The number of amides is 1. The highest BCUT2D eigenvalue weighted by Crippen LogP contribution is 2.30. The minimum absolute atomic E-state index is 0.183. The predicted octanol–water partition coefficient (Wildman–Crippen LogP) is 4.98. The Labute approximate surface area is 161 Å². The van der Waals surface area contributed by atoms with Crippen molar-refractivity contribution in [1.82, 2.24) is 15.2 Å². The fourth-order valence-electron chi connectivity index (χ4n) is 2.75. The molecule has 0 aliphatic carbocycles. The third-order valence-corrected chi connectivity index (χ3v) is 5.42. The zero-order valence-corrected chi connectivity index (χ0v) is 15.8. The molecule has 2 aromatic carbocycles. The molecule has 4 aromatic rings. The molecule has 27 heavy (non-hydrogen) atoms. The minimum atomic E-state index is -0.183. The number of benzene rings is 2. The van der Waals surface area contributed by atoms with Gasteiger partial charge in [-0.25, -0.2) is 4.98 Å². The number of aromatic amines is 1. The largest absolute Gasteiger partial charge is 0.322 e. The first-order chi connectivity index (χ1) is 13.1. The summed E-state index contributed by atoms with van der Waals surface area (Å²) in [6, 6.07) is 15.5. The fourth-order valence-corrected chi connectivity index (χ4v) is 3.73. The Morgan fingerprint density at radius 2 is 1.96 bits per heavy atom. The molecule has 0 unspecified atom stereocenters. The highest BCUT2D eigenvalue weighted by molar-refractivity contribution is 7.99. The summed E-state index contributed by atoms with van der Waals surface area (Å²) in [6.45, 7) is 4.16. The average molecular weight is 374 g/mol. The highest BCUT2D eigenvalue weighted by Gasteiger charge is 2.14. The van der Waals surface area contributed by atoms with Gasteiger partial charge in [-0.1, -0.05) is 17.8 Å². The SMILES string of the molecule is Cc1ccc(Sc2ncccc2C(=O)Nc2ccc3[nH]ncc3c2)cc1C. The van der Waals surface area contributed by atoms with E-state index in [1.54, 1.807) is 24.5 Å². The zero-order valence-electron chi connectivity index (χ0n) is 15.0. The molecule has 2 heterocycles. The molecule has 0 spiro atoms. The van der Waals surface area contributed by atoms with Crippen LogP contribution in [-0.2, 0) is 0 Å². The van der Waals surface area contributed by atoms with Gasteiger partial charge in [0.05, 0.1) is 17.3 Å². The van der Waals surface area contributed by atoms with Crippen LogP contribution in [0.15, 0.2) is 70.8 Å². The van der Waals surface area contributed by atoms with Gasteiger partial charge in [0.1, 0.15) is 5.03 Å². The van der Waals surface area contributed by atoms with Crippen LogP contribution in [0.1, 0.15) is 21.5 Å². The number of H-pyrrole nitrogens is 1. The molecule has 0 fully saturated rings. The van der Waals surface area contributed by atoms with E-state index < -0.39 is 0 Å². The lowest BCUT2D eigenvalue weighted by atomic mass is 10.1. The lowest BCUT2D eigenvalue weighted by Crippen LogP contribution is -2.13. The Kier molecular flexibility index (Phi) is 4.64. The van der Waals surface area contributed by atoms with E-state index in [1.165, 1.54) is 22.9 Å². The second-order valence-corrected chi connectivity index (χ2v) is 7.39. The van der Waals surface area contributed by atoms with Crippen molar-refractivity contribution in [3.63, 3.8) is 0 Å². The van der Waals surface area contributed by atoms with Crippen LogP contribution in [0.5, 0.6) is 0 Å². The first-order valence-corrected chi connectivity index (χ1v) is 9.36. The third-order valence-electron chi connectivity index (χ3n) is 4.41. The summed E-state index contributed by atoms with van der Waals surface area (Å²) in [5.41, 5.74) is 4.66. The van der Waals surface area contributed by atoms with E-state index in [0.717, 1.165) is 21.5 Å². The molecule has 2 aromatic heterocycles. The van der Waals surface area contributed by atoms with Crippen LogP contribution < -0.4 is 5.32 Å². The van der Waals surface area contributed by atoms with Crippen LogP contribution in [0.2, 0.25) is 0 Å². The van der Waals surface area contributed by atoms with Crippen molar-refractivity contribution in [3.05, 3.63) is 77.6 Å². The summed E-state index contributed by atoms with van der Waals surface area (Å²) in [6.07, 6.45) is 3.44. The van der Waals surface area contributed by atoms with E-state index in [4.69, 9.17) is 0 Å². The fraction of sp³-hybridized carbons (Fsp3) is 0.0952. The van der Waals surface area contributed by atoms with Crippen LogP contribution in [0.4, 0.5) is 5.69 Å². The van der Waals surface area contributed by atoms with E-state index >= 15 is 0 Å². The number of hydrogen-bond donors (Lipinski definition) is 2. The van der Waals surface area contributed by atoms with Gasteiger partial charge in [0.15, 0.2) is 0 Å². The standard InChI is InChI=1S/C21H18N4OS/c1-13-5-7-17(10-14(13)2)27-21-18(4-3-9-22-21)20(26)24-16-6-8-19-15(11-16)12-23-25-19/h3-12H,1-2H3,(H,23,25)(H,24,26). The zero-order chi connectivity index (χ0) is 18.8. The van der Waals surface area contributed by atoms with E-state index in [2.05, 4.69) is 52.5 Å². The maximum Gasteiger partial charge on any atom is 0.258 e. The number of nitrogens with one attached hydrogen (secondary N) is 2. The quantitative estimate of drug-likeness (QED) is 0.529. The normalized spacial score (nSPS) is 10.9. The number of carbonyl (C=O) groups is 1. The Hall–Kier alpha value is -3.12. The molecule has 0 aliphatic heterocycles. The smallest absolute Gasteiger partial charge is 0.258 e. The maximum absolute atomic E-state index is 12.8. The van der Waals surface area contributed by atoms with Crippen molar-refractivity contribution in [2.24, 2.45) is 0 Å². The van der Waals surface area contributed by atoms with Gasteiger partial charge in [-0.2, -0.15) is 5.10 Å². The number of hydrogen-bond acceptors (Lipinski definition) is 4. The number of nitrogens with zero attached hydrogens (tertiary/aromatic N) is 2. The molecule has 0 aliphatic rings. The number of aryl methyl sites for hydroxylation is 2. The lowest BCUT2D eigenvalue weighted by Gasteiger charge is -2.10. The van der Waals surface area contributed by atoms with Gasteiger partial charge in [-0.3, -0.25) is 9.89 Å². The van der Waals surface area contributed by atoms with Crippen LogP contribution in [0.25, 0.3) is 10.9 Å². The van der Waals surface area contributed by atoms with E-state index in [0.29, 0.717) is 10.6 Å². The molecule has 0 atom stereocenters. The molecule has 5 nitrogen and oxygen atoms in total. The number of aromatic nitrogens is 3. The Balaban J connectivity index is 1.59. The maximum atomic E-state index is 12.8. The molecule has 0 saturated carbocycles. The Morgan fingerprint density at radius 1 is 1.07 bits per heavy atom. The number of anilines is 1. The van der Waals surface area contributed by atoms with Gasteiger partial charge in [-0.15, -0.1) is 0 Å². The molecular weight excluding hydrogens is 356 g/mol. The Morgan fingerprint density at radius 3 is 2.81 bits per heavy atom. The molecule has 0 bridgehead atoms. The van der Waals surface area contributed by atoms with Crippen molar-refractivity contribution in [2.45, 2.75) is 23.8 Å². The first-order valence-electron chi connectivity index (χ1n) is 8.55. The summed E-state index contributed by atoms with van der Waals surface area (Å²) < 4.78 is 0. The van der Waals surface area contributed by atoms with Crippen molar-refractivity contribution in [2.75, 3.05) is 5.32 Å². The summed E-state index contributed by atoms with van der Waals surface area (Å²) in [5.74, 6) is -0.183. The minimum Gasteiger partial charge on any atom is -0.322 e. The molecule has 0 saturated heterocycles.